The lowest BCUT2D eigenvalue weighted by Crippen LogP contribution is -2.46. The number of alkyl halides is 1. The van der Waals surface area contributed by atoms with E-state index in [4.69, 9.17) is 0 Å². The van der Waals surface area contributed by atoms with Crippen molar-refractivity contribution in [2.45, 2.75) is 45.4 Å². The SMILES string of the molecule is CN(C[C@@H]1C[C@H](F)CN1Cc1cnn(C)c1)C(=O)C1(C(=O)O)CC1(C)C. The second-order valence-electron chi connectivity index (χ2n) is 8.40. The van der Waals surface area contributed by atoms with Crippen molar-refractivity contribution in [2.24, 2.45) is 17.9 Å². The van der Waals surface area contributed by atoms with Gasteiger partial charge in [0.15, 0.2) is 5.41 Å². The minimum atomic E-state index is -1.34. The lowest BCUT2D eigenvalue weighted by molar-refractivity contribution is -0.155. The Balaban J connectivity index is 1.68. The normalized spacial score (nSPS) is 30.3. The minimum absolute atomic E-state index is 0.133. The molecular formula is C18H27FN4O3. The molecular weight excluding hydrogens is 339 g/mol. The standard InChI is InChI=1S/C18H27FN4O3/c1-17(2)11-18(17,16(25)26)15(24)21(3)10-14-5-13(19)9-23(14)8-12-6-20-22(4)7-12/h6-7,13-14H,5,8-11H2,1-4H3,(H,25,26)/t13-,14-,18?/m0/s1. The van der Waals surface area contributed by atoms with E-state index in [0.29, 0.717) is 32.5 Å². The van der Waals surface area contributed by atoms with Crippen LogP contribution in [-0.4, -0.2) is 68.9 Å². The number of likely N-dealkylation sites (tertiary alicyclic amines) is 1. The molecule has 1 unspecified atom stereocenters. The first-order chi connectivity index (χ1) is 12.1. The number of likely N-dealkylation sites (N-methyl/N-ethyl adjacent to an activating group) is 1. The molecule has 3 atom stereocenters. The number of hydrogen-bond acceptors (Lipinski definition) is 4. The second-order valence-corrected chi connectivity index (χ2v) is 8.40. The summed E-state index contributed by atoms with van der Waals surface area (Å²) in [5, 5.41) is 13.7. The number of carboxylic acids is 1. The van der Waals surface area contributed by atoms with Gasteiger partial charge in [-0.05, 0) is 18.3 Å². The molecule has 1 saturated carbocycles. The van der Waals surface area contributed by atoms with Crippen molar-refractivity contribution >= 4 is 11.9 Å². The summed E-state index contributed by atoms with van der Waals surface area (Å²) in [4.78, 5) is 28.0. The first-order valence-corrected chi connectivity index (χ1v) is 8.91. The van der Waals surface area contributed by atoms with Crippen molar-refractivity contribution in [1.82, 2.24) is 19.6 Å². The van der Waals surface area contributed by atoms with Gasteiger partial charge in [-0.25, -0.2) is 4.39 Å². The number of aliphatic carboxylic acids is 1. The third-order valence-electron chi connectivity index (χ3n) is 5.92. The Morgan fingerprint density at radius 3 is 2.62 bits per heavy atom. The van der Waals surface area contributed by atoms with Gasteiger partial charge >= 0.3 is 5.97 Å². The highest BCUT2D eigenvalue weighted by molar-refractivity contribution is 6.06. The van der Waals surface area contributed by atoms with E-state index in [9.17, 15) is 19.1 Å². The van der Waals surface area contributed by atoms with E-state index >= 15 is 0 Å². The number of rotatable bonds is 6. The summed E-state index contributed by atoms with van der Waals surface area (Å²) < 4.78 is 15.7. The number of hydrogen-bond donors (Lipinski definition) is 1. The van der Waals surface area contributed by atoms with Crippen LogP contribution in [0.2, 0.25) is 0 Å². The fraction of sp³-hybridized carbons (Fsp3) is 0.722. The van der Waals surface area contributed by atoms with Gasteiger partial charge in [-0.2, -0.15) is 5.10 Å². The zero-order chi connectivity index (χ0) is 19.3. The van der Waals surface area contributed by atoms with Crippen LogP contribution in [0.3, 0.4) is 0 Å². The molecule has 1 aliphatic heterocycles. The number of aryl methyl sites for hydroxylation is 1. The quantitative estimate of drug-likeness (QED) is 0.768. The van der Waals surface area contributed by atoms with Gasteiger partial charge in [0.2, 0.25) is 5.91 Å². The predicted molar refractivity (Wildman–Crippen MR) is 93.0 cm³/mol. The highest BCUT2D eigenvalue weighted by Crippen LogP contribution is 2.64. The zero-order valence-electron chi connectivity index (χ0n) is 15.8. The lowest BCUT2D eigenvalue weighted by atomic mass is 9.94. The third kappa shape index (κ3) is 3.11. The summed E-state index contributed by atoms with van der Waals surface area (Å²) in [5.41, 5.74) is -0.896. The molecule has 8 heteroatoms. The Morgan fingerprint density at radius 2 is 2.12 bits per heavy atom. The molecule has 0 bridgehead atoms. The second kappa shape index (κ2) is 6.33. The molecule has 1 saturated heterocycles. The van der Waals surface area contributed by atoms with Gasteiger partial charge in [0.1, 0.15) is 6.17 Å². The number of halogens is 1. The maximum absolute atomic E-state index is 14.0. The van der Waals surface area contributed by atoms with Crippen LogP contribution >= 0.6 is 0 Å². The van der Waals surface area contributed by atoms with Crippen molar-refractivity contribution < 1.29 is 19.1 Å². The molecule has 1 aromatic heterocycles. The first kappa shape index (κ1) is 18.8. The molecule has 2 heterocycles. The average molecular weight is 366 g/mol. The maximum atomic E-state index is 14.0. The molecule has 7 nitrogen and oxygen atoms in total. The highest BCUT2D eigenvalue weighted by atomic mass is 19.1. The molecule has 2 aliphatic rings. The van der Waals surface area contributed by atoms with Crippen molar-refractivity contribution in [1.29, 1.82) is 0 Å². The smallest absolute Gasteiger partial charge is 0.319 e. The summed E-state index contributed by atoms with van der Waals surface area (Å²) in [6.45, 7) is 4.81. The molecule has 0 spiro atoms. The summed E-state index contributed by atoms with van der Waals surface area (Å²) in [6.07, 6.45) is 3.40. The van der Waals surface area contributed by atoms with Gasteiger partial charge in [0.25, 0.3) is 0 Å². The monoisotopic (exact) mass is 366 g/mol. The molecule has 3 rings (SSSR count). The van der Waals surface area contributed by atoms with Crippen LogP contribution in [0.1, 0.15) is 32.3 Å². The van der Waals surface area contributed by atoms with E-state index in [0.717, 1.165) is 5.56 Å². The lowest BCUT2D eigenvalue weighted by Gasteiger charge is -2.30. The molecule has 1 N–H and O–H groups in total. The molecule has 0 aromatic carbocycles. The number of carbonyl (C=O) groups excluding carboxylic acids is 1. The van der Waals surface area contributed by atoms with Gasteiger partial charge in [0.05, 0.1) is 6.20 Å². The molecule has 1 amide bonds. The van der Waals surface area contributed by atoms with Crippen LogP contribution in [0.15, 0.2) is 12.4 Å². The summed E-state index contributed by atoms with van der Waals surface area (Å²) >= 11 is 0. The van der Waals surface area contributed by atoms with E-state index in [2.05, 4.69) is 5.10 Å². The van der Waals surface area contributed by atoms with Gasteiger partial charge in [-0.3, -0.25) is 19.2 Å². The number of aromatic nitrogens is 2. The maximum Gasteiger partial charge on any atom is 0.319 e. The van der Waals surface area contributed by atoms with E-state index in [1.807, 2.05) is 18.1 Å². The van der Waals surface area contributed by atoms with E-state index in [-0.39, 0.29) is 11.9 Å². The number of nitrogens with zero attached hydrogens (tertiary/aromatic N) is 4. The summed E-state index contributed by atoms with van der Waals surface area (Å²) in [6, 6.07) is -0.133. The van der Waals surface area contributed by atoms with E-state index < -0.39 is 23.0 Å². The van der Waals surface area contributed by atoms with Crippen LogP contribution in [0, 0.1) is 10.8 Å². The van der Waals surface area contributed by atoms with Crippen molar-refractivity contribution in [3.05, 3.63) is 18.0 Å². The Kier molecular flexibility index (Phi) is 4.58. The Morgan fingerprint density at radius 1 is 1.46 bits per heavy atom. The fourth-order valence-corrected chi connectivity index (χ4v) is 4.26. The fourth-order valence-electron chi connectivity index (χ4n) is 4.26. The minimum Gasteiger partial charge on any atom is -0.480 e. The number of amides is 1. The summed E-state index contributed by atoms with van der Waals surface area (Å²) in [5.74, 6) is -1.44. The largest absolute Gasteiger partial charge is 0.480 e. The van der Waals surface area contributed by atoms with Crippen LogP contribution in [-0.2, 0) is 23.2 Å². The topological polar surface area (TPSA) is 78.7 Å². The van der Waals surface area contributed by atoms with Crippen LogP contribution in [0.4, 0.5) is 4.39 Å². The summed E-state index contributed by atoms with van der Waals surface area (Å²) in [7, 11) is 3.45. The van der Waals surface area contributed by atoms with Gasteiger partial charge in [-0.1, -0.05) is 13.8 Å². The molecule has 26 heavy (non-hydrogen) atoms. The van der Waals surface area contributed by atoms with Crippen LogP contribution in [0.25, 0.3) is 0 Å². The van der Waals surface area contributed by atoms with Crippen molar-refractivity contribution in [3.8, 4) is 0 Å². The number of carboxylic acid groups (broad SMARTS) is 1. The Hall–Kier alpha value is -1.96. The Labute approximate surface area is 152 Å². The molecule has 1 aliphatic carbocycles. The third-order valence-corrected chi connectivity index (χ3v) is 5.92. The van der Waals surface area contributed by atoms with E-state index in [1.54, 1.807) is 31.8 Å². The molecule has 2 fully saturated rings. The molecule has 1 aromatic rings. The first-order valence-electron chi connectivity index (χ1n) is 8.91. The van der Waals surface area contributed by atoms with Crippen molar-refractivity contribution in [3.63, 3.8) is 0 Å². The van der Waals surface area contributed by atoms with Crippen LogP contribution < -0.4 is 0 Å². The average Bonchev–Trinajstić information content (AvgIpc) is 2.80. The van der Waals surface area contributed by atoms with Crippen LogP contribution in [0.5, 0.6) is 0 Å². The number of carbonyl (C=O) groups is 2. The van der Waals surface area contributed by atoms with Gasteiger partial charge in [0, 0.05) is 51.5 Å². The molecule has 0 radical (unpaired) electrons. The zero-order valence-corrected chi connectivity index (χ0v) is 15.8. The van der Waals surface area contributed by atoms with Gasteiger partial charge in [-0.15, -0.1) is 0 Å². The Bertz CT molecular complexity index is 719. The highest BCUT2D eigenvalue weighted by Gasteiger charge is 2.72. The van der Waals surface area contributed by atoms with Gasteiger partial charge < -0.3 is 10.0 Å². The van der Waals surface area contributed by atoms with E-state index in [1.165, 1.54) is 4.90 Å². The predicted octanol–water partition coefficient (Wildman–Crippen LogP) is 1.29. The van der Waals surface area contributed by atoms with Crippen molar-refractivity contribution in [2.75, 3.05) is 20.1 Å². The molecule has 144 valence electrons.